The predicted octanol–water partition coefficient (Wildman–Crippen LogP) is 1.36. The molecular weight excluding hydrogens is 264 g/mol. The number of sulfonamides is 1. The lowest BCUT2D eigenvalue weighted by Crippen LogP contribution is -2.30. The van der Waals surface area contributed by atoms with Gasteiger partial charge < -0.3 is 10.1 Å². The molecule has 1 aromatic rings. The maximum Gasteiger partial charge on any atom is 0.244 e. The summed E-state index contributed by atoms with van der Waals surface area (Å²) in [4.78, 5) is 0.181. The highest BCUT2D eigenvalue weighted by molar-refractivity contribution is 7.89. The molecule has 0 bridgehead atoms. The third-order valence-corrected chi connectivity index (χ3v) is 4.01. The van der Waals surface area contributed by atoms with Gasteiger partial charge in [-0.15, -0.1) is 0 Å². The van der Waals surface area contributed by atoms with Crippen molar-refractivity contribution in [2.75, 3.05) is 19.7 Å². The number of likely N-dealkylation sites (N-methyl/N-ethyl adjacent to an activating group) is 1. The minimum atomic E-state index is -3.53. The molecule has 0 saturated carbocycles. The third-order valence-electron chi connectivity index (χ3n) is 2.32. The highest BCUT2D eigenvalue weighted by Gasteiger charge is 2.19. The van der Waals surface area contributed by atoms with Crippen LogP contribution in [0.4, 0.5) is 0 Å². The molecule has 0 aliphatic carbocycles. The second-order valence-electron chi connectivity index (χ2n) is 4.42. The number of rotatable bonds is 8. The lowest BCUT2D eigenvalue weighted by atomic mass is 10.3. The van der Waals surface area contributed by atoms with Crippen molar-refractivity contribution in [1.82, 2.24) is 10.0 Å². The summed E-state index contributed by atoms with van der Waals surface area (Å²) in [6.45, 7) is 7.55. The van der Waals surface area contributed by atoms with Gasteiger partial charge in [0.25, 0.3) is 0 Å². The van der Waals surface area contributed by atoms with Crippen molar-refractivity contribution in [2.24, 2.45) is 0 Å². The molecule has 5 nitrogen and oxygen atoms in total. The van der Waals surface area contributed by atoms with Crippen molar-refractivity contribution in [1.29, 1.82) is 0 Å². The Kier molecular flexibility index (Phi) is 6.27. The highest BCUT2D eigenvalue weighted by atomic mass is 32.2. The Hall–Kier alpha value is -1.11. The molecule has 0 saturated heterocycles. The molecule has 0 radical (unpaired) electrons. The first-order chi connectivity index (χ1) is 8.97. The zero-order chi connectivity index (χ0) is 14.3. The molecule has 108 valence electrons. The average Bonchev–Trinajstić information content (AvgIpc) is 2.33. The molecule has 6 heteroatoms. The number of para-hydroxylation sites is 1. The van der Waals surface area contributed by atoms with Crippen LogP contribution in [0.1, 0.15) is 20.8 Å². The van der Waals surface area contributed by atoms with Gasteiger partial charge in [0.2, 0.25) is 10.0 Å². The number of nitrogens with one attached hydrogen (secondary N) is 2. The molecule has 1 aromatic carbocycles. The fraction of sp³-hybridized carbons (Fsp3) is 0.538. The van der Waals surface area contributed by atoms with Gasteiger partial charge in [-0.1, -0.05) is 19.1 Å². The van der Waals surface area contributed by atoms with Gasteiger partial charge in [-0.05, 0) is 32.5 Å². The molecule has 0 atom stereocenters. The Bertz CT molecular complexity index is 486. The van der Waals surface area contributed by atoms with Gasteiger partial charge in [-0.25, -0.2) is 13.1 Å². The molecule has 0 heterocycles. The Morgan fingerprint density at radius 3 is 2.58 bits per heavy atom. The third kappa shape index (κ3) is 5.18. The van der Waals surface area contributed by atoms with E-state index in [0.717, 1.165) is 6.54 Å². The smallest absolute Gasteiger partial charge is 0.244 e. The maximum atomic E-state index is 12.1. The summed E-state index contributed by atoms with van der Waals surface area (Å²) in [5.41, 5.74) is 0. The van der Waals surface area contributed by atoms with Crippen molar-refractivity contribution in [3.05, 3.63) is 24.3 Å². The first-order valence-corrected chi connectivity index (χ1v) is 7.90. The van der Waals surface area contributed by atoms with Crippen LogP contribution >= 0.6 is 0 Å². The van der Waals surface area contributed by atoms with E-state index < -0.39 is 10.0 Å². The van der Waals surface area contributed by atoms with Gasteiger partial charge in [0.15, 0.2) is 0 Å². The van der Waals surface area contributed by atoms with Crippen molar-refractivity contribution in [3.63, 3.8) is 0 Å². The second-order valence-corrected chi connectivity index (χ2v) is 6.11. The van der Waals surface area contributed by atoms with E-state index in [1.807, 2.05) is 6.92 Å². The monoisotopic (exact) mass is 286 g/mol. The fourth-order valence-corrected chi connectivity index (χ4v) is 2.97. The minimum absolute atomic E-state index is 0.153. The molecule has 0 fully saturated rings. The SMILES string of the molecule is CCNCCOc1ccccc1S(=O)(=O)NC(C)C. The van der Waals surface area contributed by atoms with Crippen LogP contribution < -0.4 is 14.8 Å². The summed E-state index contributed by atoms with van der Waals surface area (Å²) in [5, 5.41) is 3.12. The number of benzene rings is 1. The molecule has 1 rings (SSSR count). The lowest BCUT2D eigenvalue weighted by molar-refractivity contribution is 0.307. The normalized spacial score (nSPS) is 11.8. The van der Waals surface area contributed by atoms with Crippen LogP contribution in [0.3, 0.4) is 0 Å². The molecule has 0 spiro atoms. The molecule has 0 aliphatic rings. The number of hydrogen-bond acceptors (Lipinski definition) is 4. The summed E-state index contributed by atoms with van der Waals surface area (Å²) >= 11 is 0. The predicted molar refractivity (Wildman–Crippen MR) is 75.9 cm³/mol. The molecule has 2 N–H and O–H groups in total. The van der Waals surface area contributed by atoms with E-state index in [9.17, 15) is 8.42 Å². The van der Waals surface area contributed by atoms with Gasteiger partial charge in [-0.3, -0.25) is 0 Å². The van der Waals surface area contributed by atoms with Crippen LogP contribution in [0.15, 0.2) is 29.2 Å². The van der Waals surface area contributed by atoms with Gasteiger partial charge in [0.05, 0.1) is 0 Å². The second kappa shape index (κ2) is 7.47. The van der Waals surface area contributed by atoms with Crippen LogP contribution in [0, 0.1) is 0 Å². The summed E-state index contributed by atoms with van der Waals surface area (Å²) in [7, 11) is -3.53. The summed E-state index contributed by atoms with van der Waals surface area (Å²) in [5.74, 6) is 0.383. The molecule has 0 aliphatic heterocycles. The van der Waals surface area contributed by atoms with Crippen molar-refractivity contribution < 1.29 is 13.2 Å². The zero-order valence-electron chi connectivity index (χ0n) is 11.6. The first kappa shape index (κ1) is 15.9. The summed E-state index contributed by atoms with van der Waals surface area (Å²) < 4.78 is 32.4. The van der Waals surface area contributed by atoms with Crippen molar-refractivity contribution >= 4 is 10.0 Å². The van der Waals surface area contributed by atoms with Crippen LogP contribution in [0.2, 0.25) is 0 Å². The minimum Gasteiger partial charge on any atom is -0.491 e. The fourth-order valence-electron chi connectivity index (χ4n) is 1.58. The van der Waals surface area contributed by atoms with Gasteiger partial charge >= 0.3 is 0 Å². The van der Waals surface area contributed by atoms with E-state index in [1.165, 1.54) is 0 Å². The Morgan fingerprint density at radius 1 is 1.26 bits per heavy atom. The quantitative estimate of drug-likeness (QED) is 0.708. The van der Waals surface area contributed by atoms with E-state index in [2.05, 4.69) is 10.0 Å². The van der Waals surface area contributed by atoms with Gasteiger partial charge in [0, 0.05) is 12.6 Å². The van der Waals surface area contributed by atoms with E-state index in [1.54, 1.807) is 38.1 Å². The standard InChI is InChI=1S/C13H22N2O3S/c1-4-14-9-10-18-12-7-5-6-8-13(12)19(16,17)15-11(2)3/h5-8,11,14-15H,4,9-10H2,1-3H3. The van der Waals surface area contributed by atoms with Crippen LogP contribution in [0.25, 0.3) is 0 Å². The molecular formula is C13H22N2O3S. The van der Waals surface area contributed by atoms with Crippen LogP contribution in [0.5, 0.6) is 5.75 Å². The number of hydrogen-bond donors (Lipinski definition) is 2. The largest absolute Gasteiger partial charge is 0.491 e. The van der Waals surface area contributed by atoms with Crippen LogP contribution in [-0.4, -0.2) is 34.2 Å². The van der Waals surface area contributed by atoms with Gasteiger partial charge in [0.1, 0.15) is 17.3 Å². The van der Waals surface area contributed by atoms with Crippen molar-refractivity contribution in [2.45, 2.75) is 31.7 Å². The summed E-state index contributed by atoms with van der Waals surface area (Å²) in [6.07, 6.45) is 0. The summed E-state index contributed by atoms with van der Waals surface area (Å²) in [6, 6.07) is 6.51. The number of ether oxygens (including phenoxy) is 1. The van der Waals surface area contributed by atoms with Gasteiger partial charge in [-0.2, -0.15) is 0 Å². The topological polar surface area (TPSA) is 67.4 Å². The average molecular weight is 286 g/mol. The van der Waals surface area contributed by atoms with E-state index in [-0.39, 0.29) is 10.9 Å². The first-order valence-electron chi connectivity index (χ1n) is 6.42. The van der Waals surface area contributed by atoms with E-state index in [4.69, 9.17) is 4.74 Å². The maximum absolute atomic E-state index is 12.1. The van der Waals surface area contributed by atoms with E-state index in [0.29, 0.717) is 18.9 Å². The van der Waals surface area contributed by atoms with Crippen molar-refractivity contribution in [3.8, 4) is 5.75 Å². The van der Waals surface area contributed by atoms with E-state index >= 15 is 0 Å². The molecule has 0 amide bonds. The molecule has 19 heavy (non-hydrogen) atoms. The zero-order valence-corrected chi connectivity index (χ0v) is 12.5. The lowest BCUT2D eigenvalue weighted by Gasteiger charge is -2.14. The Morgan fingerprint density at radius 2 is 1.95 bits per heavy atom. The molecule has 0 unspecified atom stereocenters. The Balaban J connectivity index is 2.83. The molecule has 0 aromatic heterocycles. The Labute approximate surface area is 115 Å². The highest BCUT2D eigenvalue weighted by Crippen LogP contribution is 2.23. The van der Waals surface area contributed by atoms with Crippen LogP contribution in [-0.2, 0) is 10.0 Å².